The normalized spacial score (nSPS) is 20.1. The lowest BCUT2D eigenvalue weighted by atomic mass is 10.0. The average Bonchev–Trinajstić information content (AvgIpc) is 2.76. The highest BCUT2D eigenvalue weighted by Crippen LogP contribution is 2.21. The van der Waals surface area contributed by atoms with Crippen molar-refractivity contribution in [2.24, 2.45) is 5.92 Å². The summed E-state index contributed by atoms with van der Waals surface area (Å²) >= 11 is 0. The second-order valence-electron chi connectivity index (χ2n) is 5.26. The molecule has 0 aliphatic carbocycles. The van der Waals surface area contributed by atoms with Gasteiger partial charge in [0.1, 0.15) is 0 Å². The number of rotatable bonds is 5. The Kier molecular flexibility index (Phi) is 4.62. The van der Waals surface area contributed by atoms with Gasteiger partial charge >= 0.3 is 5.97 Å². The van der Waals surface area contributed by atoms with Crippen molar-refractivity contribution in [3.8, 4) is 0 Å². The van der Waals surface area contributed by atoms with Crippen LogP contribution in [0.25, 0.3) is 0 Å². The van der Waals surface area contributed by atoms with Gasteiger partial charge in [-0.25, -0.2) is 13.2 Å². The SMILES string of the molecule is O=C(CC1CCS(=O)(=O)C1)NCc1cccc(C(=O)O)c1. The fourth-order valence-corrected chi connectivity index (χ4v) is 4.24. The van der Waals surface area contributed by atoms with Crippen molar-refractivity contribution >= 4 is 21.7 Å². The lowest BCUT2D eigenvalue weighted by Gasteiger charge is -2.09. The Morgan fingerprint density at radius 2 is 2.10 bits per heavy atom. The quantitative estimate of drug-likeness (QED) is 0.838. The first-order valence-corrected chi connectivity index (χ1v) is 8.47. The minimum atomic E-state index is -2.97. The molecule has 2 N–H and O–H groups in total. The number of carboxylic acids is 1. The molecule has 1 aliphatic heterocycles. The van der Waals surface area contributed by atoms with E-state index in [-0.39, 0.29) is 41.9 Å². The molecule has 114 valence electrons. The van der Waals surface area contributed by atoms with Gasteiger partial charge in [-0.3, -0.25) is 4.79 Å². The van der Waals surface area contributed by atoms with Crippen molar-refractivity contribution in [2.75, 3.05) is 11.5 Å². The predicted octanol–water partition coefficient (Wildman–Crippen LogP) is 0.826. The smallest absolute Gasteiger partial charge is 0.335 e. The highest BCUT2D eigenvalue weighted by molar-refractivity contribution is 7.91. The Bertz CT molecular complexity index is 653. The third kappa shape index (κ3) is 4.56. The van der Waals surface area contributed by atoms with Gasteiger partial charge in [0, 0.05) is 13.0 Å². The Labute approximate surface area is 123 Å². The van der Waals surface area contributed by atoms with Gasteiger partial charge in [-0.1, -0.05) is 12.1 Å². The summed E-state index contributed by atoms with van der Waals surface area (Å²) in [4.78, 5) is 22.6. The molecular formula is C14H17NO5S. The first kappa shape index (κ1) is 15.5. The number of hydrogen-bond donors (Lipinski definition) is 2. The molecule has 1 aromatic carbocycles. The summed E-state index contributed by atoms with van der Waals surface area (Å²) in [5.41, 5.74) is 0.867. The van der Waals surface area contributed by atoms with Crippen molar-refractivity contribution in [1.29, 1.82) is 0 Å². The summed E-state index contributed by atoms with van der Waals surface area (Å²) in [7, 11) is -2.97. The van der Waals surface area contributed by atoms with E-state index in [4.69, 9.17) is 5.11 Å². The van der Waals surface area contributed by atoms with E-state index >= 15 is 0 Å². The van der Waals surface area contributed by atoms with Crippen LogP contribution in [-0.2, 0) is 21.2 Å². The van der Waals surface area contributed by atoms with Gasteiger partial charge in [-0.05, 0) is 30.0 Å². The molecule has 1 atom stereocenters. The third-order valence-corrected chi connectivity index (χ3v) is 5.30. The van der Waals surface area contributed by atoms with E-state index in [2.05, 4.69) is 5.32 Å². The van der Waals surface area contributed by atoms with Crippen LogP contribution >= 0.6 is 0 Å². The zero-order chi connectivity index (χ0) is 15.5. The van der Waals surface area contributed by atoms with Crippen molar-refractivity contribution < 1.29 is 23.1 Å². The maximum absolute atomic E-state index is 11.8. The van der Waals surface area contributed by atoms with E-state index in [9.17, 15) is 18.0 Å². The second kappa shape index (κ2) is 6.26. The number of carbonyl (C=O) groups is 2. The largest absolute Gasteiger partial charge is 0.478 e. The first-order chi connectivity index (χ1) is 9.85. The fourth-order valence-electron chi connectivity index (χ4n) is 2.38. The van der Waals surface area contributed by atoms with Crippen LogP contribution in [0, 0.1) is 5.92 Å². The Balaban J connectivity index is 1.84. The van der Waals surface area contributed by atoms with Gasteiger partial charge in [0.25, 0.3) is 0 Å². The highest BCUT2D eigenvalue weighted by atomic mass is 32.2. The van der Waals surface area contributed by atoms with Gasteiger partial charge in [-0.2, -0.15) is 0 Å². The minimum absolute atomic E-state index is 0.0783. The van der Waals surface area contributed by atoms with Gasteiger partial charge in [0.2, 0.25) is 5.91 Å². The number of amides is 1. The Morgan fingerprint density at radius 1 is 1.33 bits per heavy atom. The average molecular weight is 311 g/mol. The van der Waals surface area contributed by atoms with Gasteiger partial charge in [0.05, 0.1) is 17.1 Å². The molecule has 1 aromatic rings. The van der Waals surface area contributed by atoms with E-state index in [0.717, 1.165) is 0 Å². The zero-order valence-electron chi connectivity index (χ0n) is 11.4. The van der Waals surface area contributed by atoms with E-state index in [1.165, 1.54) is 12.1 Å². The molecule has 1 aliphatic rings. The molecule has 0 spiro atoms. The van der Waals surface area contributed by atoms with Gasteiger partial charge < -0.3 is 10.4 Å². The molecule has 0 bridgehead atoms. The van der Waals surface area contributed by atoms with Crippen molar-refractivity contribution in [1.82, 2.24) is 5.32 Å². The number of benzene rings is 1. The fraction of sp³-hybridized carbons (Fsp3) is 0.429. The molecule has 0 radical (unpaired) electrons. The molecule has 1 fully saturated rings. The van der Waals surface area contributed by atoms with Gasteiger partial charge in [0.15, 0.2) is 9.84 Å². The number of carboxylic acid groups (broad SMARTS) is 1. The minimum Gasteiger partial charge on any atom is -0.478 e. The molecule has 0 saturated carbocycles. The van der Waals surface area contributed by atoms with Crippen LogP contribution < -0.4 is 5.32 Å². The van der Waals surface area contributed by atoms with Crippen LogP contribution in [0.15, 0.2) is 24.3 Å². The van der Waals surface area contributed by atoms with Crippen LogP contribution in [0.3, 0.4) is 0 Å². The summed E-state index contributed by atoms with van der Waals surface area (Å²) in [6.07, 6.45) is 0.724. The molecule has 7 heteroatoms. The topological polar surface area (TPSA) is 101 Å². The summed E-state index contributed by atoms with van der Waals surface area (Å²) in [5, 5.41) is 11.6. The number of aromatic carboxylic acids is 1. The number of hydrogen-bond acceptors (Lipinski definition) is 4. The van der Waals surface area contributed by atoms with Crippen molar-refractivity contribution in [2.45, 2.75) is 19.4 Å². The van der Waals surface area contributed by atoms with Crippen molar-refractivity contribution in [3.63, 3.8) is 0 Å². The molecule has 1 saturated heterocycles. The van der Waals surface area contributed by atoms with E-state index in [1.807, 2.05) is 0 Å². The summed E-state index contributed by atoms with van der Waals surface area (Å²) < 4.78 is 22.6. The Hall–Kier alpha value is -1.89. The number of sulfone groups is 1. The number of carbonyl (C=O) groups excluding carboxylic acids is 1. The Morgan fingerprint density at radius 3 is 2.71 bits per heavy atom. The molecule has 6 nitrogen and oxygen atoms in total. The van der Waals surface area contributed by atoms with Crippen LogP contribution in [0.5, 0.6) is 0 Å². The van der Waals surface area contributed by atoms with E-state index in [0.29, 0.717) is 12.0 Å². The maximum Gasteiger partial charge on any atom is 0.335 e. The molecule has 1 unspecified atom stereocenters. The monoisotopic (exact) mass is 311 g/mol. The van der Waals surface area contributed by atoms with Crippen LogP contribution in [-0.4, -0.2) is 36.9 Å². The molecule has 1 heterocycles. The highest BCUT2D eigenvalue weighted by Gasteiger charge is 2.29. The van der Waals surface area contributed by atoms with E-state index in [1.54, 1.807) is 12.1 Å². The lowest BCUT2D eigenvalue weighted by molar-refractivity contribution is -0.122. The van der Waals surface area contributed by atoms with Crippen LogP contribution in [0.1, 0.15) is 28.8 Å². The second-order valence-corrected chi connectivity index (χ2v) is 7.48. The molecular weight excluding hydrogens is 294 g/mol. The molecule has 1 amide bonds. The molecule has 21 heavy (non-hydrogen) atoms. The van der Waals surface area contributed by atoms with Crippen LogP contribution in [0.4, 0.5) is 0 Å². The van der Waals surface area contributed by atoms with Crippen molar-refractivity contribution in [3.05, 3.63) is 35.4 Å². The van der Waals surface area contributed by atoms with E-state index < -0.39 is 15.8 Å². The standard InChI is InChI=1S/C14H17NO5S/c16-13(7-11-4-5-21(19,20)9-11)15-8-10-2-1-3-12(6-10)14(17)18/h1-3,6,11H,4-5,7-9H2,(H,15,16)(H,17,18). The van der Waals surface area contributed by atoms with Gasteiger partial charge in [-0.15, -0.1) is 0 Å². The maximum atomic E-state index is 11.8. The summed E-state index contributed by atoms with van der Waals surface area (Å²) in [6.45, 7) is 0.236. The number of nitrogens with one attached hydrogen (secondary N) is 1. The predicted molar refractivity (Wildman–Crippen MR) is 76.6 cm³/mol. The first-order valence-electron chi connectivity index (χ1n) is 6.65. The molecule has 0 aromatic heterocycles. The molecule has 2 rings (SSSR count). The summed E-state index contributed by atoms with van der Waals surface area (Å²) in [6, 6.07) is 6.33. The third-order valence-electron chi connectivity index (χ3n) is 3.46. The lowest BCUT2D eigenvalue weighted by Crippen LogP contribution is -2.25. The zero-order valence-corrected chi connectivity index (χ0v) is 12.2. The van der Waals surface area contributed by atoms with Crippen LogP contribution in [0.2, 0.25) is 0 Å². The summed E-state index contributed by atoms with van der Waals surface area (Å²) in [5.74, 6) is -1.10.